The molecule has 2 aromatic carbocycles. The molecule has 0 atom stereocenters. The van der Waals surface area contributed by atoms with E-state index < -0.39 is 17.8 Å². The molecule has 0 spiro atoms. The standard InChI is InChI=1S/C22H21ClN2O6/c1-12(2)31-22(28)14-7-5-6-8-16(14)25-20(26)18(23)19(21(25)27)24-15-10-9-13(29-3)11-17(15)30-4/h5-12,24H,1-4H3. The number of ether oxygens (including phenoxy) is 3. The first-order valence-electron chi connectivity index (χ1n) is 9.36. The lowest BCUT2D eigenvalue weighted by Gasteiger charge is -2.19. The predicted molar refractivity (Wildman–Crippen MR) is 116 cm³/mol. The Morgan fingerprint density at radius 2 is 1.74 bits per heavy atom. The third-order valence-electron chi connectivity index (χ3n) is 4.40. The van der Waals surface area contributed by atoms with E-state index in [1.54, 1.807) is 44.2 Å². The van der Waals surface area contributed by atoms with Crippen LogP contribution in [0.1, 0.15) is 24.2 Å². The van der Waals surface area contributed by atoms with Crippen molar-refractivity contribution in [1.29, 1.82) is 0 Å². The van der Waals surface area contributed by atoms with E-state index in [1.165, 1.54) is 26.4 Å². The summed E-state index contributed by atoms with van der Waals surface area (Å²) in [6.07, 6.45) is -0.369. The lowest BCUT2D eigenvalue weighted by molar-refractivity contribution is -0.120. The van der Waals surface area contributed by atoms with Gasteiger partial charge in [0, 0.05) is 6.07 Å². The minimum atomic E-state index is -0.758. The van der Waals surface area contributed by atoms with E-state index in [0.29, 0.717) is 17.2 Å². The summed E-state index contributed by atoms with van der Waals surface area (Å²) in [6, 6.07) is 11.1. The van der Waals surface area contributed by atoms with E-state index >= 15 is 0 Å². The zero-order valence-corrected chi connectivity index (χ0v) is 18.1. The van der Waals surface area contributed by atoms with Gasteiger partial charge >= 0.3 is 5.97 Å². The molecule has 3 rings (SSSR count). The molecule has 0 saturated carbocycles. The van der Waals surface area contributed by atoms with Gasteiger partial charge in [0.1, 0.15) is 22.2 Å². The second-order valence-electron chi connectivity index (χ2n) is 6.80. The van der Waals surface area contributed by atoms with Gasteiger partial charge in [-0.3, -0.25) is 9.59 Å². The fourth-order valence-corrected chi connectivity index (χ4v) is 3.20. The van der Waals surface area contributed by atoms with Crippen LogP contribution in [-0.4, -0.2) is 38.1 Å². The van der Waals surface area contributed by atoms with Crippen LogP contribution in [0.2, 0.25) is 0 Å². The van der Waals surface area contributed by atoms with Gasteiger partial charge in [-0.1, -0.05) is 23.7 Å². The third kappa shape index (κ3) is 4.34. The van der Waals surface area contributed by atoms with Gasteiger partial charge in [-0.05, 0) is 38.1 Å². The van der Waals surface area contributed by atoms with Gasteiger partial charge in [-0.25, -0.2) is 9.69 Å². The van der Waals surface area contributed by atoms with Gasteiger partial charge in [0.2, 0.25) is 0 Å². The molecule has 31 heavy (non-hydrogen) atoms. The molecule has 1 aliphatic heterocycles. The normalized spacial score (nSPS) is 13.7. The van der Waals surface area contributed by atoms with Crippen LogP contribution in [0.4, 0.5) is 11.4 Å². The maximum Gasteiger partial charge on any atom is 0.340 e. The van der Waals surface area contributed by atoms with Crippen LogP contribution in [0.15, 0.2) is 53.2 Å². The van der Waals surface area contributed by atoms with E-state index in [1.807, 2.05) is 0 Å². The number of hydrogen-bond donors (Lipinski definition) is 1. The van der Waals surface area contributed by atoms with Gasteiger partial charge in [-0.15, -0.1) is 0 Å². The molecule has 2 amide bonds. The van der Waals surface area contributed by atoms with Gasteiger partial charge in [0.25, 0.3) is 11.8 Å². The molecular weight excluding hydrogens is 424 g/mol. The number of methoxy groups -OCH3 is 2. The van der Waals surface area contributed by atoms with Gasteiger partial charge < -0.3 is 19.5 Å². The average Bonchev–Trinajstić information content (AvgIpc) is 2.96. The summed E-state index contributed by atoms with van der Waals surface area (Å²) < 4.78 is 15.7. The summed E-state index contributed by atoms with van der Waals surface area (Å²) >= 11 is 6.21. The highest BCUT2D eigenvalue weighted by molar-refractivity contribution is 6.53. The summed E-state index contributed by atoms with van der Waals surface area (Å²) in [7, 11) is 2.97. The second-order valence-corrected chi connectivity index (χ2v) is 7.18. The van der Waals surface area contributed by atoms with Crippen molar-refractivity contribution in [2.75, 3.05) is 24.4 Å². The minimum Gasteiger partial charge on any atom is -0.497 e. The second kappa shape index (κ2) is 9.09. The lowest BCUT2D eigenvalue weighted by atomic mass is 10.1. The molecule has 1 heterocycles. The number of halogens is 1. The van der Waals surface area contributed by atoms with E-state index in [9.17, 15) is 14.4 Å². The highest BCUT2D eigenvalue weighted by Gasteiger charge is 2.41. The fraction of sp³-hybridized carbons (Fsp3) is 0.227. The summed E-state index contributed by atoms with van der Waals surface area (Å²) in [4.78, 5) is 39.3. The Bertz CT molecular complexity index is 1080. The zero-order valence-electron chi connectivity index (χ0n) is 17.4. The van der Waals surface area contributed by atoms with Crippen LogP contribution in [-0.2, 0) is 14.3 Å². The van der Waals surface area contributed by atoms with Crippen LogP contribution in [0.3, 0.4) is 0 Å². The molecule has 0 saturated heterocycles. The molecule has 162 valence electrons. The molecule has 9 heteroatoms. The first-order valence-corrected chi connectivity index (χ1v) is 9.73. The van der Waals surface area contributed by atoms with Crippen molar-refractivity contribution in [2.45, 2.75) is 20.0 Å². The van der Waals surface area contributed by atoms with Crippen molar-refractivity contribution in [3.63, 3.8) is 0 Å². The van der Waals surface area contributed by atoms with E-state index in [0.717, 1.165) is 4.90 Å². The monoisotopic (exact) mass is 444 g/mol. The maximum atomic E-state index is 13.1. The molecule has 0 unspecified atom stereocenters. The smallest absolute Gasteiger partial charge is 0.340 e. The number of esters is 1. The van der Waals surface area contributed by atoms with Crippen LogP contribution in [0.5, 0.6) is 11.5 Å². The third-order valence-corrected chi connectivity index (χ3v) is 4.75. The average molecular weight is 445 g/mol. The van der Waals surface area contributed by atoms with Crippen molar-refractivity contribution >= 4 is 40.8 Å². The van der Waals surface area contributed by atoms with Crippen LogP contribution in [0.25, 0.3) is 0 Å². The Kier molecular flexibility index (Phi) is 6.50. The zero-order chi connectivity index (χ0) is 22.7. The summed E-state index contributed by atoms with van der Waals surface area (Å²) in [6.45, 7) is 3.41. The topological polar surface area (TPSA) is 94.2 Å². The molecule has 0 fully saturated rings. The maximum absolute atomic E-state index is 13.1. The Morgan fingerprint density at radius 1 is 1.03 bits per heavy atom. The lowest BCUT2D eigenvalue weighted by Crippen LogP contribution is -2.34. The Morgan fingerprint density at radius 3 is 2.39 bits per heavy atom. The van der Waals surface area contributed by atoms with E-state index in [2.05, 4.69) is 5.32 Å². The number of amides is 2. The van der Waals surface area contributed by atoms with Crippen molar-refractivity contribution in [3.05, 3.63) is 58.8 Å². The number of carbonyl (C=O) groups excluding carboxylic acids is 3. The Balaban J connectivity index is 1.96. The molecular formula is C22H21ClN2O6. The fourth-order valence-electron chi connectivity index (χ4n) is 2.99. The molecule has 1 N–H and O–H groups in total. The van der Waals surface area contributed by atoms with Crippen molar-refractivity contribution in [1.82, 2.24) is 0 Å². The van der Waals surface area contributed by atoms with Crippen molar-refractivity contribution < 1.29 is 28.6 Å². The molecule has 2 aromatic rings. The molecule has 0 radical (unpaired) electrons. The summed E-state index contributed by atoms with van der Waals surface area (Å²) in [5, 5.41) is 2.55. The first-order chi connectivity index (χ1) is 14.8. The van der Waals surface area contributed by atoms with Gasteiger partial charge in [0.15, 0.2) is 0 Å². The van der Waals surface area contributed by atoms with Gasteiger partial charge in [0.05, 0.1) is 37.3 Å². The highest BCUT2D eigenvalue weighted by atomic mass is 35.5. The van der Waals surface area contributed by atoms with E-state index in [-0.39, 0.29) is 28.1 Å². The molecule has 0 aliphatic carbocycles. The first kappa shape index (κ1) is 22.2. The quantitative estimate of drug-likeness (QED) is 0.514. The molecule has 0 bridgehead atoms. The number of imide groups is 1. The number of nitrogens with zero attached hydrogens (tertiary/aromatic N) is 1. The van der Waals surface area contributed by atoms with Crippen LogP contribution < -0.4 is 19.7 Å². The van der Waals surface area contributed by atoms with E-state index in [4.69, 9.17) is 25.8 Å². The molecule has 8 nitrogen and oxygen atoms in total. The van der Waals surface area contributed by atoms with Gasteiger partial charge in [-0.2, -0.15) is 0 Å². The Labute approximate surface area is 184 Å². The largest absolute Gasteiger partial charge is 0.497 e. The van der Waals surface area contributed by atoms with Crippen LogP contribution in [0, 0.1) is 0 Å². The Hall–Kier alpha value is -3.52. The number of hydrogen-bond acceptors (Lipinski definition) is 7. The van der Waals surface area contributed by atoms with Crippen molar-refractivity contribution in [2.24, 2.45) is 0 Å². The van der Waals surface area contributed by atoms with Crippen LogP contribution >= 0.6 is 11.6 Å². The highest BCUT2D eigenvalue weighted by Crippen LogP contribution is 2.35. The molecule has 0 aromatic heterocycles. The summed E-state index contributed by atoms with van der Waals surface area (Å²) in [5.74, 6) is -1.18. The van der Waals surface area contributed by atoms with Crippen molar-refractivity contribution in [3.8, 4) is 11.5 Å². The number of rotatable bonds is 7. The predicted octanol–water partition coefficient (Wildman–Crippen LogP) is 3.70. The number of benzene rings is 2. The SMILES string of the molecule is COc1ccc(NC2=C(Cl)C(=O)N(c3ccccc3C(=O)OC(C)C)C2=O)c(OC)c1. The molecule has 1 aliphatic rings. The number of anilines is 2. The number of para-hydroxylation sites is 1. The number of nitrogens with one attached hydrogen (secondary N) is 1. The number of carbonyl (C=O) groups is 3. The minimum absolute atomic E-state index is 0.0747. The summed E-state index contributed by atoms with van der Waals surface area (Å²) in [5.41, 5.74) is 0.430.